The van der Waals surface area contributed by atoms with Crippen molar-refractivity contribution in [2.45, 2.75) is 26.7 Å². The summed E-state index contributed by atoms with van der Waals surface area (Å²) in [5.74, 6) is 0.619. The van der Waals surface area contributed by atoms with Crippen LogP contribution in [0.1, 0.15) is 32.3 Å². The van der Waals surface area contributed by atoms with Crippen LogP contribution < -0.4 is 0 Å². The zero-order chi connectivity index (χ0) is 12.3. The molecule has 1 aliphatic carbocycles. The van der Waals surface area contributed by atoms with Gasteiger partial charge in [-0.3, -0.25) is 4.99 Å². The third-order valence-corrected chi connectivity index (χ3v) is 3.04. The standard InChI is InChI=1S/C14H17N2O.Yb/c1-10-7-8-12(9-10)15-14-6-4-3-5-13(14)11(2)16-17;/h3-7,10,17H,8-9H2,1-2H3;/q-1;. The van der Waals surface area contributed by atoms with Crippen LogP contribution in [0.5, 0.6) is 0 Å². The van der Waals surface area contributed by atoms with Crippen molar-refractivity contribution in [2.75, 3.05) is 0 Å². The second kappa shape index (κ2) is 7.46. The summed E-state index contributed by atoms with van der Waals surface area (Å²) in [5.41, 5.74) is 3.58. The summed E-state index contributed by atoms with van der Waals surface area (Å²) in [7, 11) is 0. The fourth-order valence-electron chi connectivity index (χ4n) is 2.07. The smallest absolute Gasteiger partial charge is 0.0858 e. The summed E-state index contributed by atoms with van der Waals surface area (Å²) in [5, 5.41) is 12.1. The number of rotatable bonds is 2. The molecule has 0 bridgehead atoms. The van der Waals surface area contributed by atoms with Crippen molar-refractivity contribution >= 4 is 17.1 Å². The Kier molecular flexibility index (Phi) is 6.61. The number of para-hydroxylation sites is 1. The van der Waals surface area contributed by atoms with Crippen molar-refractivity contribution in [3.8, 4) is 0 Å². The number of hydrogen-bond acceptors (Lipinski definition) is 3. The van der Waals surface area contributed by atoms with Crippen LogP contribution in [0.2, 0.25) is 0 Å². The first-order valence-corrected chi connectivity index (χ1v) is 5.88. The van der Waals surface area contributed by atoms with Gasteiger partial charge in [-0.05, 0) is 25.1 Å². The minimum atomic E-state index is 0. The molecule has 104 valence electrons. The summed E-state index contributed by atoms with van der Waals surface area (Å²) in [4.78, 5) is 4.67. The van der Waals surface area contributed by atoms with E-state index in [0.717, 1.165) is 24.1 Å². The molecular formula is C14H17N2OYb-. The average molecular weight is 402 g/mol. The first kappa shape index (κ1) is 15.9. The molecule has 3 nitrogen and oxygen atoms in total. The molecule has 1 atom stereocenters. The fraction of sp³-hybridized carbons (Fsp3) is 0.357. The van der Waals surface area contributed by atoms with Crippen LogP contribution in [0.15, 0.2) is 34.4 Å². The van der Waals surface area contributed by atoms with Gasteiger partial charge in [0.25, 0.3) is 0 Å². The van der Waals surface area contributed by atoms with Gasteiger partial charge < -0.3 is 11.6 Å². The molecule has 1 unspecified atom stereocenters. The van der Waals surface area contributed by atoms with Crippen molar-refractivity contribution in [3.05, 3.63) is 36.2 Å². The minimum absolute atomic E-state index is 0. The fourth-order valence-corrected chi connectivity index (χ4v) is 2.07. The van der Waals surface area contributed by atoms with Crippen LogP contribution in [0.3, 0.4) is 0 Å². The van der Waals surface area contributed by atoms with Crippen LogP contribution in [0.25, 0.3) is 0 Å². The molecule has 0 radical (unpaired) electrons. The Labute approximate surface area is 147 Å². The van der Waals surface area contributed by atoms with Crippen LogP contribution in [0.4, 0.5) is 5.69 Å². The van der Waals surface area contributed by atoms with Gasteiger partial charge in [-0.25, -0.2) is 0 Å². The van der Waals surface area contributed by atoms with Gasteiger partial charge in [0.15, 0.2) is 0 Å². The van der Waals surface area contributed by atoms with Gasteiger partial charge in [-0.2, -0.15) is 5.92 Å². The summed E-state index contributed by atoms with van der Waals surface area (Å²) >= 11 is 0. The first-order chi connectivity index (χ1) is 8.20. The average Bonchev–Trinajstić information content (AvgIpc) is 2.74. The molecule has 0 saturated heterocycles. The molecule has 1 fully saturated rings. The van der Waals surface area contributed by atoms with Crippen molar-refractivity contribution in [1.82, 2.24) is 0 Å². The quantitative estimate of drug-likeness (QED) is 0.350. The molecule has 1 aromatic rings. The largest absolute Gasteiger partial charge is 0.411 e. The number of hydrogen-bond donors (Lipinski definition) is 1. The Morgan fingerprint density at radius 1 is 1.39 bits per heavy atom. The number of benzene rings is 1. The van der Waals surface area contributed by atoms with E-state index in [1.165, 1.54) is 5.71 Å². The van der Waals surface area contributed by atoms with E-state index < -0.39 is 0 Å². The molecule has 2 rings (SSSR count). The van der Waals surface area contributed by atoms with Gasteiger partial charge >= 0.3 is 0 Å². The van der Waals surface area contributed by atoms with Crippen molar-refractivity contribution in [3.63, 3.8) is 0 Å². The van der Waals surface area contributed by atoms with Gasteiger partial charge in [0.2, 0.25) is 0 Å². The molecule has 0 aromatic heterocycles. The molecular weight excluding hydrogens is 385 g/mol. The maximum absolute atomic E-state index is 8.85. The molecule has 0 amide bonds. The molecule has 1 aliphatic rings. The van der Waals surface area contributed by atoms with Crippen molar-refractivity contribution in [2.24, 2.45) is 16.1 Å². The SMILES string of the molecule is CC(=NO)c1ccccc1N=C1C[CH-]C(C)C1.[Yb]. The molecule has 18 heavy (non-hydrogen) atoms. The van der Waals surface area contributed by atoms with E-state index in [2.05, 4.69) is 23.5 Å². The van der Waals surface area contributed by atoms with E-state index in [0.29, 0.717) is 11.6 Å². The summed E-state index contributed by atoms with van der Waals surface area (Å²) in [6.07, 6.45) is 4.28. The maximum atomic E-state index is 8.85. The van der Waals surface area contributed by atoms with Gasteiger partial charge in [-0.15, -0.1) is 6.42 Å². The predicted octanol–water partition coefficient (Wildman–Crippen LogP) is 3.59. The Morgan fingerprint density at radius 2 is 2.11 bits per heavy atom. The van der Waals surface area contributed by atoms with Gasteiger partial charge in [0.1, 0.15) is 0 Å². The molecule has 4 heteroatoms. The molecule has 0 aliphatic heterocycles. The third-order valence-electron chi connectivity index (χ3n) is 3.04. The topological polar surface area (TPSA) is 45.0 Å². The van der Waals surface area contributed by atoms with Crippen molar-refractivity contribution < 1.29 is 52.1 Å². The van der Waals surface area contributed by atoms with E-state index in [1.807, 2.05) is 24.3 Å². The Balaban J connectivity index is 0.00000162. The molecule has 1 N–H and O–H groups in total. The Bertz CT molecular complexity index is 469. The Morgan fingerprint density at radius 3 is 2.72 bits per heavy atom. The molecule has 0 heterocycles. The first-order valence-electron chi connectivity index (χ1n) is 5.88. The second-order valence-corrected chi connectivity index (χ2v) is 4.50. The van der Waals surface area contributed by atoms with Crippen LogP contribution in [-0.2, 0) is 0 Å². The third kappa shape index (κ3) is 3.94. The van der Waals surface area contributed by atoms with Crippen LogP contribution in [-0.4, -0.2) is 16.6 Å². The normalized spacial score (nSPS) is 22.0. The minimum Gasteiger partial charge on any atom is -0.411 e. The number of oxime groups is 1. The van der Waals surface area contributed by atoms with E-state index in [-0.39, 0.29) is 46.9 Å². The van der Waals surface area contributed by atoms with E-state index in [9.17, 15) is 0 Å². The molecule has 1 aromatic carbocycles. The van der Waals surface area contributed by atoms with Crippen LogP contribution in [0, 0.1) is 59.3 Å². The predicted molar refractivity (Wildman–Crippen MR) is 70.2 cm³/mol. The number of aliphatic imine (C=N–C) groups is 1. The van der Waals surface area contributed by atoms with Gasteiger partial charge in [-0.1, -0.05) is 30.3 Å². The van der Waals surface area contributed by atoms with E-state index in [4.69, 9.17) is 5.21 Å². The maximum Gasteiger partial charge on any atom is 0.0858 e. The van der Waals surface area contributed by atoms with E-state index >= 15 is 0 Å². The van der Waals surface area contributed by atoms with Crippen molar-refractivity contribution in [1.29, 1.82) is 0 Å². The molecule has 1 saturated carbocycles. The zero-order valence-corrected chi connectivity index (χ0v) is 12.2. The van der Waals surface area contributed by atoms with Crippen LogP contribution >= 0.6 is 0 Å². The van der Waals surface area contributed by atoms with Gasteiger partial charge in [0.05, 0.1) is 11.4 Å². The number of nitrogens with zero attached hydrogens (tertiary/aromatic N) is 2. The monoisotopic (exact) mass is 403 g/mol. The Hall–Kier alpha value is -0.121. The van der Waals surface area contributed by atoms with E-state index in [1.54, 1.807) is 6.92 Å². The summed E-state index contributed by atoms with van der Waals surface area (Å²) in [6, 6.07) is 7.77. The molecule has 0 spiro atoms. The second-order valence-electron chi connectivity index (χ2n) is 4.50. The summed E-state index contributed by atoms with van der Waals surface area (Å²) in [6.45, 7) is 3.98. The summed E-state index contributed by atoms with van der Waals surface area (Å²) < 4.78 is 0. The zero-order valence-electron chi connectivity index (χ0n) is 10.5. The van der Waals surface area contributed by atoms with Gasteiger partial charge in [0, 0.05) is 52.5 Å².